The Hall–Kier alpha value is -4.54. The van der Waals surface area contributed by atoms with Gasteiger partial charge in [0, 0.05) is 36.1 Å². The molecule has 2 aromatic heterocycles. The monoisotopic (exact) mass is 567 g/mol. The smallest absolute Gasteiger partial charge is 0.389 e. The average Bonchev–Trinajstić information content (AvgIpc) is 3.53. The lowest BCUT2D eigenvalue weighted by atomic mass is 9.95. The van der Waals surface area contributed by atoms with E-state index in [-0.39, 0.29) is 46.4 Å². The average molecular weight is 568 g/mol. The zero-order valence-corrected chi connectivity index (χ0v) is 21.9. The fourth-order valence-corrected chi connectivity index (χ4v) is 4.82. The molecule has 2 amide bonds. The van der Waals surface area contributed by atoms with Crippen LogP contribution in [0.25, 0.3) is 33.6 Å². The van der Waals surface area contributed by atoms with Gasteiger partial charge in [0.05, 0.1) is 16.6 Å². The number of amides is 2. The van der Waals surface area contributed by atoms with Gasteiger partial charge < -0.3 is 15.1 Å². The van der Waals surface area contributed by atoms with Crippen LogP contribution in [0, 0.1) is 5.82 Å². The molecule has 2 aromatic carbocycles. The van der Waals surface area contributed by atoms with Crippen molar-refractivity contribution >= 4 is 28.7 Å². The minimum absolute atomic E-state index is 0.0248. The molecule has 11 heteroatoms. The van der Waals surface area contributed by atoms with E-state index in [4.69, 9.17) is 4.42 Å². The van der Waals surface area contributed by atoms with E-state index in [1.54, 1.807) is 25.1 Å². The predicted octanol–water partition coefficient (Wildman–Crippen LogP) is 6.01. The molecule has 1 fully saturated rings. The number of furan rings is 1. The third-order valence-electron chi connectivity index (χ3n) is 6.90. The Morgan fingerprint density at radius 2 is 1.85 bits per heavy atom. The van der Waals surface area contributed by atoms with Crippen LogP contribution >= 0.6 is 0 Å². The first-order valence-electron chi connectivity index (χ1n) is 13.1. The van der Waals surface area contributed by atoms with E-state index in [9.17, 15) is 31.9 Å². The van der Waals surface area contributed by atoms with Gasteiger partial charge in [-0.15, -0.1) is 0 Å². The number of benzene rings is 2. The summed E-state index contributed by atoms with van der Waals surface area (Å²) in [4.78, 5) is 42.3. The van der Waals surface area contributed by atoms with Gasteiger partial charge in [0.2, 0.25) is 11.6 Å². The van der Waals surface area contributed by atoms with Crippen molar-refractivity contribution in [1.29, 1.82) is 0 Å². The summed E-state index contributed by atoms with van der Waals surface area (Å²) in [6, 6.07) is 12.4. The third-order valence-corrected chi connectivity index (χ3v) is 6.90. The Bertz CT molecular complexity index is 1640. The van der Waals surface area contributed by atoms with Crippen molar-refractivity contribution in [3.8, 4) is 22.5 Å². The highest BCUT2D eigenvalue weighted by molar-refractivity contribution is 6.12. The number of nitrogens with one attached hydrogen (secondary N) is 2. The number of hydrogen-bond donors (Lipinski definition) is 2. The van der Waals surface area contributed by atoms with Crippen molar-refractivity contribution in [2.24, 2.45) is 0 Å². The number of nitrogens with zero attached hydrogens (tertiary/aromatic N) is 1. The molecule has 41 heavy (non-hydrogen) atoms. The quantitative estimate of drug-likeness (QED) is 0.201. The lowest BCUT2D eigenvalue weighted by molar-refractivity contribution is -0.134. The molecule has 0 radical (unpaired) electrons. The number of halogens is 4. The normalized spacial score (nSPS) is 15.2. The van der Waals surface area contributed by atoms with Gasteiger partial charge in [-0.25, -0.2) is 9.37 Å². The summed E-state index contributed by atoms with van der Waals surface area (Å²) in [5, 5.41) is 5.60. The number of fused-ring (bicyclic) bond motifs is 1. The van der Waals surface area contributed by atoms with Crippen LogP contribution in [0.4, 0.5) is 17.6 Å². The van der Waals surface area contributed by atoms with Crippen molar-refractivity contribution < 1.29 is 36.4 Å². The molecule has 1 unspecified atom stereocenters. The minimum Gasteiger partial charge on any atom is -0.437 e. The topological polar surface area (TPSA) is 101 Å². The molecule has 0 bridgehead atoms. The molecule has 7 nitrogen and oxygen atoms in total. The van der Waals surface area contributed by atoms with E-state index in [2.05, 4.69) is 15.6 Å². The first-order chi connectivity index (χ1) is 19.5. The van der Waals surface area contributed by atoms with Gasteiger partial charge in [-0.3, -0.25) is 14.4 Å². The molecule has 5 rings (SSSR count). The second kappa shape index (κ2) is 11.1. The van der Waals surface area contributed by atoms with Crippen LogP contribution in [-0.4, -0.2) is 41.3 Å². The molecule has 4 aromatic rings. The van der Waals surface area contributed by atoms with E-state index >= 15 is 0 Å². The van der Waals surface area contributed by atoms with Crippen LogP contribution in [0.15, 0.2) is 59.0 Å². The Kier molecular flexibility index (Phi) is 7.61. The highest BCUT2D eigenvalue weighted by Crippen LogP contribution is 2.38. The minimum atomic E-state index is -4.46. The van der Waals surface area contributed by atoms with E-state index in [0.29, 0.717) is 35.0 Å². The van der Waals surface area contributed by atoms with Crippen LogP contribution < -0.4 is 10.6 Å². The molecule has 3 heterocycles. The van der Waals surface area contributed by atoms with Gasteiger partial charge >= 0.3 is 6.18 Å². The highest BCUT2D eigenvalue weighted by atomic mass is 19.4. The van der Waals surface area contributed by atoms with Crippen LogP contribution in [0.5, 0.6) is 0 Å². The summed E-state index contributed by atoms with van der Waals surface area (Å²) < 4.78 is 59.2. The van der Waals surface area contributed by atoms with Gasteiger partial charge in [-0.1, -0.05) is 19.1 Å². The Balaban J connectivity index is 1.64. The predicted molar refractivity (Wildman–Crippen MR) is 143 cm³/mol. The van der Waals surface area contributed by atoms with Crippen molar-refractivity contribution in [3.63, 3.8) is 0 Å². The largest absolute Gasteiger partial charge is 0.437 e. The van der Waals surface area contributed by atoms with Crippen LogP contribution in [0.2, 0.25) is 0 Å². The molecule has 1 aliphatic heterocycles. The Morgan fingerprint density at radius 1 is 1.10 bits per heavy atom. The van der Waals surface area contributed by atoms with Gasteiger partial charge in [0.1, 0.15) is 17.6 Å². The number of rotatable bonds is 8. The zero-order valence-electron chi connectivity index (χ0n) is 21.9. The van der Waals surface area contributed by atoms with Gasteiger partial charge in [0.15, 0.2) is 5.78 Å². The van der Waals surface area contributed by atoms with Gasteiger partial charge in [0.25, 0.3) is 5.91 Å². The fourth-order valence-electron chi connectivity index (χ4n) is 4.82. The lowest BCUT2D eigenvalue weighted by Crippen LogP contribution is -2.40. The van der Waals surface area contributed by atoms with Crippen molar-refractivity contribution in [1.82, 2.24) is 15.6 Å². The van der Waals surface area contributed by atoms with Crippen LogP contribution in [0.3, 0.4) is 0 Å². The lowest BCUT2D eigenvalue weighted by Gasteiger charge is -2.13. The number of carbonyl (C=O) groups is 3. The zero-order chi connectivity index (χ0) is 29.3. The number of hydrogen-bond acceptors (Lipinski definition) is 5. The van der Waals surface area contributed by atoms with E-state index < -0.39 is 36.8 Å². The molecular formula is C30H25F4N3O4. The maximum atomic E-state index is 13.6. The standard InChI is InChI=1S/C30H25F4N3O4/c1-2-24(38)25-21-15-20(17-4-3-5-18(14-17)27(39)36-23-11-13-35-28(23)40)22(10-12-30(32,33)34)37-29(21)41-26(25)16-6-8-19(31)9-7-16/h3-9,14-15,23H,2,10-13H2,1H3,(H,35,40)(H,36,39). The fraction of sp³-hybridized carbons (Fsp3) is 0.267. The summed E-state index contributed by atoms with van der Waals surface area (Å²) in [6.45, 7) is 2.11. The van der Waals surface area contributed by atoms with Crippen molar-refractivity contribution in [2.45, 2.75) is 44.8 Å². The second-order valence-corrected chi connectivity index (χ2v) is 9.73. The molecule has 0 saturated carbocycles. The van der Waals surface area contributed by atoms with Crippen molar-refractivity contribution in [2.75, 3.05) is 6.54 Å². The number of ketones is 1. The molecule has 2 N–H and O–H groups in total. The molecule has 212 valence electrons. The first-order valence-corrected chi connectivity index (χ1v) is 13.1. The molecule has 1 aliphatic rings. The number of aromatic nitrogens is 1. The number of alkyl halides is 3. The van der Waals surface area contributed by atoms with E-state index in [0.717, 1.165) is 0 Å². The molecular weight excluding hydrogens is 542 g/mol. The van der Waals surface area contributed by atoms with Crippen molar-refractivity contribution in [3.05, 3.63) is 77.2 Å². The maximum Gasteiger partial charge on any atom is 0.389 e. The van der Waals surface area contributed by atoms with Gasteiger partial charge in [-0.05, 0) is 60.9 Å². The Morgan fingerprint density at radius 3 is 2.51 bits per heavy atom. The van der Waals surface area contributed by atoms with Crippen LogP contribution in [0.1, 0.15) is 52.6 Å². The van der Waals surface area contributed by atoms with E-state index in [1.807, 2.05) is 0 Å². The highest BCUT2D eigenvalue weighted by Gasteiger charge is 2.30. The summed E-state index contributed by atoms with van der Waals surface area (Å²) in [5.41, 5.74) is 1.54. The molecule has 1 saturated heterocycles. The molecule has 0 aliphatic carbocycles. The summed E-state index contributed by atoms with van der Waals surface area (Å²) in [7, 11) is 0. The summed E-state index contributed by atoms with van der Waals surface area (Å²) in [5.74, 6) is -1.43. The summed E-state index contributed by atoms with van der Waals surface area (Å²) in [6.07, 6.45) is -5.53. The van der Waals surface area contributed by atoms with E-state index in [1.165, 1.54) is 36.4 Å². The number of aryl methyl sites for hydroxylation is 1. The van der Waals surface area contributed by atoms with Gasteiger partial charge in [-0.2, -0.15) is 13.2 Å². The number of pyridine rings is 1. The first kappa shape index (κ1) is 28.0. The third kappa shape index (κ3) is 5.98. The second-order valence-electron chi connectivity index (χ2n) is 9.73. The maximum absolute atomic E-state index is 13.6. The number of carbonyl (C=O) groups excluding carboxylic acids is 3. The SMILES string of the molecule is CCC(=O)c1c(-c2ccc(F)cc2)oc2nc(CCC(F)(F)F)c(-c3cccc(C(=O)NC4CCNC4=O)c3)cc12. The molecule has 0 spiro atoms. The van der Waals surface area contributed by atoms with Crippen LogP contribution in [-0.2, 0) is 11.2 Å². The number of Topliss-reactive ketones (excluding diaryl/α,β-unsaturated/α-hetero) is 1. The Labute approximate surface area is 231 Å². The molecule has 1 atom stereocenters. The summed E-state index contributed by atoms with van der Waals surface area (Å²) >= 11 is 0.